The molecule has 2 aromatic rings. The highest BCUT2D eigenvalue weighted by atomic mass is 17.1. The van der Waals surface area contributed by atoms with Crippen molar-refractivity contribution in [3.05, 3.63) is 42.4 Å². The zero-order chi connectivity index (χ0) is 19.6. The fourth-order valence-corrected chi connectivity index (χ4v) is 2.31. The van der Waals surface area contributed by atoms with E-state index in [-0.39, 0.29) is 12.9 Å². The first-order chi connectivity index (χ1) is 13.0. The van der Waals surface area contributed by atoms with Crippen molar-refractivity contribution in [1.82, 2.24) is 4.90 Å². The summed E-state index contributed by atoms with van der Waals surface area (Å²) in [6.45, 7) is 0.483. The average molecular weight is 381 g/mol. The van der Waals surface area contributed by atoms with Crippen molar-refractivity contribution in [1.29, 1.82) is 0 Å². The number of ether oxygens (including phenoxy) is 3. The minimum absolute atomic E-state index is 0.155. The van der Waals surface area contributed by atoms with Crippen LogP contribution in [-0.4, -0.2) is 55.3 Å². The van der Waals surface area contributed by atoms with Crippen molar-refractivity contribution in [3.63, 3.8) is 0 Å². The highest BCUT2D eigenvalue weighted by Crippen LogP contribution is 2.42. The lowest BCUT2D eigenvalue weighted by atomic mass is 10.2. The second kappa shape index (κ2) is 10.4. The number of benzene rings is 1. The van der Waals surface area contributed by atoms with Crippen LogP contribution in [0.5, 0.6) is 17.2 Å². The Morgan fingerprint density at radius 2 is 2.07 bits per heavy atom. The molecule has 0 bridgehead atoms. The van der Waals surface area contributed by atoms with Crippen LogP contribution in [0.3, 0.4) is 0 Å². The van der Waals surface area contributed by atoms with E-state index < -0.39 is 12.6 Å². The summed E-state index contributed by atoms with van der Waals surface area (Å²) < 4.78 is 22.5. The fraction of sp³-hybridized carbons (Fsp3) is 0.389. The first-order valence-corrected chi connectivity index (χ1v) is 8.22. The number of hydrogen-bond donors (Lipinski definition) is 2. The van der Waals surface area contributed by atoms with Gasteiger partial charge >= 0.3 is 5.97 Å². The van der Waals surface area contributed by atoms with E-state index in [1.54, 1.807) is 6.26 Å². The van der Waals surface area contributed by atoms with Crippen molar-refractivity contribution >= 4 is 5.97 Å². The van der Waals surface area contributed by atoms with E-state index in [1.165, 1.54) is 0 Å². The molecule has 1 aromatic carbocycles. The van der Waals surface area contributed by atoms with Gasteiger partial charge in [-0.1, -0.05) is 6.07 Å². The molecule has 1 unspecified atom stereocenters. The average Bonchev–Trinajstić information content (AvgIpc) is 3.30. The Labute approximate surface area is 156 Å². The zero-order valence-electron chi connectivity index (χ0n) is 15.2. The molecular formula is C18H23NO8. The lowest BCUT2D eigenvalue weighted by Gasteiger charge is -2.20. The predicted octanol–water partition coefficient (Wildman–Crippen LogP) is 2.64. The van der Waals surface area contributed by atoms with Gasteiger partial charge in [-0.2, -0.15) is 0 Å². The van der Waals surface area contributed by atoms with Gasteiger partial charge in [-0.05, 0) is 38.4 Å². The Hall–Kier alpha value is -2.75. The van der Waals surface area contributed by atoms with Gasteiger partial charge in [-0.3, -0.25) is 5.26 Å². The number of nitrogens with zero attached hydrogens (tertiary/aromatic N) is 1. The zero-order valence-corrected chi connectivity index (χ0v) is 15.2. The van der Waals surface area contributed by atoms with Gasteiger partial charge in [-0.25, -0.2) is 9.68 Å². The summed E-state index contributed by atoms with van der Waals surface area (Å²) in [4.78, 5) is 14.6. The Bertz CT molecular complexity index is 701. The van der Waals surface area contributed by atoms with Gasteiger partial charge in [0.15, 0.2) is 24.2 Å². The number of aliphatic carboxylic acids is 1. The highest BCUT2D eigenvalue weighted by Gasteiger charge is 2.23. The third-order valence-corrected chi connectivity index (χ3v) is 3.52. The number of hydrogen-bond acceptors (Lipinski definition) is 8. The Morgan fingerprint density at radius 1 is 1.26 bits per heavy atom. The molecule has 1 aliphatic heterocycles. The molecule has 0 saturated heterocycles. The quantitative estimate of drug-likeness (QED) is 0.526. The summed E-state index contributed by atoms with van der Waals surface area (Å²) in [7, 11) is 4.08. The summed E-state index contributed by atoms with van der Waals surface area (Å²) in [6.07, 6.45) is 2.33. The maximum atomic E-state index is 9.31. The van der Waals surface area contributed by atoms with Crippen molar-refractivity contribution in [2.45, 2.75) is 12.5 Å². The van der Waals surface area contributed by atoms with Crippen molar-refractivity contribution in [3.8, 4) is 17.2 Å². The van der Waals surface area contributed by atoms with Gasteiger partial charge in [0, 0.05) is 13.0 Å². The van der Waals surface area contributed by atoms with Crippen LogP contribution in [0, 0.1) is 0 Å². The first-order valence-electron chi connectivity index (χ1n) is 8.22. The molecule has 2 N–H and O–H groups in total. The largest absolute Gasteiger partial charge is 0.479 e. The smallest absolute Gasteiger partial charge is 0.333 e. The van der Waals surface area contributed by atoms with Crippen molar-refractivity contribution in [2.75, 3.05) is 34.0 Å². The van der Waals surface area contributed by atoms with E-state index in [0.29, 0.717) is 11.5 Å². The number of furan rings is 1. The molecule has 9 heteroatoms. The maximum Gasteiger partial charge on any atom is 0.333 e. The van der Waals surface area contributed by atoms with Crippen LogP contribution >= 0.6 is 0 Å². The molecule has 0 radical (unpaired) electrons. The number of carbonyl (C=O) groups is 1. The topological polar surface area (TPSA) is 111 Å². The number of carboxylic acids is 1. The fourth-order valence-electron chi connectivity index (χ4n) is 2.31. The normalized spacial score (nSPS) is 13.0. The Kier molecular flexibility index (Phi) is 7.93. The summed E-state index contributed by atoms with van der Waals surface area (Å²) >= 11 is 0. The summed E-state index contributed by atoms with van der Waals surface area (Å²) in [6, 6.07) is 9.46. The Morgan fingerprint density at radius 3 is 2.67 bits per heavy atom. The molecule has 0 fully saturated rings. The van der Waals surface area contributed by atoms with E-state index >= 15 is 0 Å². The molecule has 148 valence electrons. The SMILES string of the molecule is CN(C)CCC(Oc1cccc2c1OCO2)c1ccco1.O=C(O)COO. The maximum absolute atomic E-state index is 9.31. The summed E-state index contributed by atoms with van der Waals surface area (Å²) in [5.74, 6) is 1.70. The minimum atomic E-state index is -1.18. The standard InChI is InChI=1S/C16H19NO4.C2H4O4/c1-17(2)9-8-13(12-7-4-10-18-12)21-15-6-3-5-14-16(15)20-11-19-14;3-2(4)1-6-5/h3-7,10,13H,8-9,11H2,1-2H3;5H,1H2,(H,3,4). The molecule has 3 rings (SSSR count). The van der Waals surface area contributed by atoms with Crippen molar-refractivity contribution < 1.29 is 38.7 Å². The van der Waals surface area contributed by atoms with Crippen LogP contribution in [0.2, 0.25) is 0 Å². The summed E-state index contributed by atoms with van der Waals surface area (Å²) in [5.41, 5.74) is 0. The predicted molar refractivity (Wildman–Crippen MR) is 94.0 cm³/mol. The summed E-state index contributed by atoms with van der Waals surface area (Å²) in [5, 5.41) is 15.0. The number of rotatable bonds is 8. The van der Waals surface area contributed by atoms with Crippen LogP contribution in [0.25, 0.3) is 0 Å². The molecule has 27 heavy (non-hydrogen) atoms. The molecule has 2 heterocycles. The van der Waals surface area contributed by atoms with Crippen LogP contribution < -0.4 is 14.2 Å². The molecule has 1 atom stereocenters. The highest BCUT2D eigenvalue weighted by molar-refractivity contribution is 5.67. The van der Waals surface area contributed by atoms with Crippen molar-refractivity contribution in [2.24, 2.45) is 0 Å². The van der Waals surface area contributed by atoms with Crippen LogP contribution in [0.15, 0.2) is 41.0 Å². The number of para-hydroxylation sites is 1. The molecular weight excluding hydrogens is 358 g/mol. The van der Waals surface area contributed by atoms with Gasteiger partial charge in [0.1, 0.15) is 5.76 Å². The lowest BCUT2D eigenvalue weighted by molar-refractivity contribution is -0.243. The number of carboxylic acid groups (broad SMARTS) is 1. The molecule has 0 spiro atoms. The van der Waals surface area contributed by atoms with E-state index in [4.69, 9.17) is 29.0 Å². The van der Waals surface area contributed by atoms with Gasteiger partial charge in [-0.15, -0.1) is 0 Å². The molecule has 0 aliphatic carbocycles. The van der Waals surface area contributed by atoms with Gasteiger partial charge < -0.3 is 28.6 Å². The third-order valence-electron chi connectivity index (χ3n) is 3.52. The first kappa shape index (κ1) is 20.6. The van der Waals surface area contributed by atoms with Crippen LogP contribution in [-0.2, 0) is 9.68 Å². The van der Waals surface area contributed by atoms with Gasteiger partial charge in [0.25, 0.3) is 0 Å². The molecule has 0 saturated carbocycles. The van der Waals surface area contributed by atoms with Gasteiger partial charge in [0.2, 0.25) is 12.5 Å². The van der Waals surface area contributed by atoms with E-state index in [1.807, 2.05) is 44.4 Å². The lowest BCUT2D eigenvalue weighted by Crippen LogP contribution is -2.18. The van der Waals surface area contributed by atoms with E-state index in [9.17, 15) is 4.79 Å². The van der Waals surface area contributed by atoms with E-state index in [2.05, 4.69) is 9.79 Å². The Balaban J connectivity index is 0.000000380. The molecule has 1 aromatic heterocycles. The van der Waals surface area contributed by atoms with Crippen LogP contribution in [0.4, 0.5) is 0 Å². The minimum Gasteiger partial charge on any atom is -0.479 e. The molecule has 1 aliphatic rings. The third kappa shape index (κ3) is 6.48. The molecule has 0 amide bonds. The second-order valence-electron chi connectivity index (χ2n) is 5.87. The molecule has 9 nitrogen and oxygen atoms in total. The van der Waals surface area contributed by atoms with Crippen LogP contribution in [0.1, 0.15) is 18.3 Å². The van der Waals surface area contributed by atoms with Gasteiger partial charge in [0.05, 0.1) is 6.26 Å². The second-order valence-corrected chi connectivity index (χ2v) is 5.87. The van der Waals surface area contributed by atoms with E-state index in [0.717, 1.165) is 24.5 Å². The monoisotopic (exact) mass is 381 g/mol. The number of fused-ring (bicyclic) bond motifs is 1.